The molecule has 2 nitrogen and oxygen atoms in total. The number of carboxylic acid groups (broad SMARTS) is 1. The Kier molecular flexibility index (Phi) is 4.91. The normalized spacial score (nSPS) is 10.8. The second-order valence-electron chi connectivity index (χ2n) is 2.83. The molecule has 0 heterocycles. The van der Waals surface area contributed by atoms with Crippen molar-refractivity contribution >= 4 is 33.7 Å². The minimum atomic E-state index is -0.907. The lowest BCUT2D eigenvalue weighted by Gasteiger charge is -2.02. The highest BCUT2D eigenvalue weighted by atomic mass is 79.9. The summed E-state index contributed by atoms with van der Waals surface area (Å²) in [7, 11) is 0. The van der Waals surface area contributed by atoms with E-state index in [1.165, 1.54) is 0 Å². The molecule has 0 saturated heterocycles. The lowest BCUT2D eigenvalue weighted by molar-refractivity contribution is 0.0695. The summed E-state index contributed by atoms with van der Waals surface area (Å²) >= 11 is 4.82. The van der Waals surface area contributed by atoms with E-state index in [9.17, 15) is 4.79 Å². The summed E-state index contributed by atoms with van der Waals surface area (Å²) in [5.41, 5.74) is 0.306. The summed E-state index contributed by atoms with van der Waals surface area (Å²) in [6, 6.07) is 5.35. The SMILES string of the molecule is C/C=C/CSc1ccc(Br)c(C(=O)O)c1. The largest absolute Gasteiger partial charge is 0.478 e. The van der Waals surface area contributed by atoms with Crippen molar-refractivity contribution in [3.63, 3.8) is 0 Å². The van der Waals surface area contributed by atoms with Crippen molar-refractivity contribution in [3.05, 3.63) is 40.4 Å². The number of rotatable bonds is 4. The van der Waals surface area contributed by atoms with Gasteiger partial charge in [0.05, 0.1) is 5.56 Å². The lowest BCUT2D eigenvalue weighted by atomic mass is 10.2. The Bertz CT molecular complexity index is 388. The summed E-state index contributed by atoms with van der Waals surface area (Å²) in [5, 5.41) is 8.91. The highest BCUT2D eigenvalue weighted by molar-refractivity contribution is 9.10. The minimum absolute atomic E-state index is 0.306. The van der Waals surface area contributed by atoms with Crippen molar-refractivity contribution in [3.8, 4) is 0 Å². The van der Waals surface area contributed by atoms with Gasteiger partial charge in [0.2, 0.25) is 0 Å². The van der Waals surface area contributed by atoms with Gasteiger partial charge in [0, 0.05) is 15.1 Å². The second-order valence-corrected chi connectivity index (χ2v) is 4.77. The van der Waals surface area contributed by atoms with E-state index >= 15 is 0 Å². The third-order valence-electron chi connectivity index (χ3n) is 1.75. The number of halogens is 1. The maximum absolute atomic E-state index is 10.9. The van der Waals surface area contributed by atoms with E-state index in [4.69, 9.17) is 5.11 Å². The minimum Gasteiger partial charge on any atom is -0.478 e. The molecule has 0 aliphatic heterocycles. The maximum atomic E-state index is 10.9. The molecule has 1 aromatic carbocycles. The van der Waals surface area contributed by atoms with Gasteiger partial charge in [-0.25, -0.2) is 4.79 Å². The second kappa shape index (κ2) is 5.98. The third-order valence-corrected chi connectivity index (χ3v) is 3.39. The average Bonchev–Trinajstić information content (AvgIpc) is 2.20. The van der Waals surface area contributed by atoms with Crippen LogP contribution < -0.4 is 0 Å². The van der Waals surface area contributed by atoms with Crippen LogP contribution in [0.2, 0.25) is 0 Å². The zero-order valence-electron chi connectivity index (χ0n) is 8.24. The molecule has 0 fully saturated rings. The summed E-state index contributed by atoms with van der Waals surface area (Å²) in [4.78, 5) is 11.8. The summed E-state index contributed by atoms with van der Waals surface area (Å²) in [6.07, 6.45) is 4.01. The topological polar surface area (TPSA) is 37.3 Å². The summed E-state index contributed by atoms with van der Waals surface area (Å²) < 4.78 is 0.616. The highest BCUT2D eigenvalue weighted by Crippen LogP contribution is 2.24. The van der Waals surface area contributed by atoms with Crippen molar-refractivity contribution in [2.24, 2.45) is 0 Å². The molecule has 0 aromatic heterocycles. The molecule has 15 heavy (non-hydrogen) atoms. The number of benzene rings is 1. The van der Waals surface area contributed by atoms with E-state index in [1.807, 2.05) is 25.1 Å². The zero-order chi connectivity index (χ0) is 11.3. The van der Waals surface area contributed by atoms with Crippen LogP contribution in [0.4, 0.5) is 0 Å². The van der Waals surface area contributed by atoms with Gasteiger partial charge in [0.1, 0.15) is 0 Å². The van der Waals surface area contributed by atoms with Crippen LogP contribution in [0.15, 0.2) is 39.7 Å². The van der Waals surface area contributed by atoms with Gasteiger partial charge >= 0.3 is 5.97 Å². The molecule has 1 rings (SSSR count). The van der Waals surface area contributed by atoms with Gasteiger partial charge in [0.15, 0.2) is 0 Å². The Morgan fingerprint density at radius 1 is 1.60 bits per heavy atom. The van der Waals surface area contributed by atoms with Gasteiger partial charge in [0.25, 0.3) is 0 Å². The first-order valence-corrected chi connectivity index (χ1v) is 6.20. The Balaban J connectivity index is 2.83. The van der Waals surface area contributed by atoms with Gasteiger partial charge in [-0.1, -0.05) is 12.2 Å². The van der Waals surface area contributed by atoms with Crippen LogP contribution in [-0.4, -0.2) is 16.8 Å². The Morgan fingerprint density at radius 2 is 2.33 bits per heavy atom. The molecule has 0 aliphatic rings. The van der Waals surface area contributed by atoms with E-state index in [0.717, 1.165) is 10.6 Å². The molecular weight excluding hydrogens is 276 g/mol. The van der Waals surface area contributed by atoms with Crippen molar-refractivity contribution in [1.29, 1.82) is 0 Å². The Hall–Kier alpha value is -0.740. The van der Waals surface area contributed by atoms with E-state index in [0.29, 0.717) is 10.0 Å². The van der Waals surface area contributed by atoms with E-state index in [-0.39, 0.29) is 0 Å². The van der Waals surface area contributed by atoms with Gasteiger partial charge in [-0.2, -0.15) is 0 Å². The molecule has 0 unspecified atom stereocenters. The van der Waals surface area contributed by atoms with Crippen LogP contribution in [0.3, 0.4) is 0 Å². The van der Waals surface area contributed by atoms with Crippen molar-refractivity contribution < 1.29 is 9.90 Å². The average molecular weight is 287 g/mol. The van der Waals surface area contributed by atoms with Crippen LogP contribution in [-0.2, 0) is 0 Å². The number of thioether (sulfide) groups is 1. The number of hydrogen-bond donors (Lipinski definition) is 1. The van der Waals surface area contributed by atoms with E-state index in [1.54, 1.807) is 23.9 Å². The fourth-order valence-corrected chi connectivity index (χ4v) is 2.26. The molecule has 0 atom stereocenters. The van der Waals surface area contributed by atoms with Crippen molar-refractivity contribution in [2.75, 3.05) is 5.75 Å². The molecule has 0 amide bonds. The predicted molar refractivity (Wildman–Crippen MR) is 66.6 cm³/mol. The highest BCUT2D eigenvalue weighted by Gasteiger charge is 2.08. The first-order chi connectivity index (χ1) is 7.15. The molecule has 4 heteroatoms. The van der Waals surface area contributed by atoms with Crippen LogP contribution in [0, 0.1) is 0 Å². The monoisotopic (exact) mass is 286 g/mol. The molecule has 0 bridgehead atoms. The number of aromatic carboxylic acids is 1. The van der Waals surface area contributed by atoms with Gasteiger partial charge in [-0.15, -0.1) is 11.8 Å². The van der Waals surface area contributed by atoms with Crippen LogP contribution in [0.1, 0.15) is 17.3 Å². The van der Waals surface area contributed by atoms with Crippen LogP contribution in [0.25, 0.3) is 0 Å². The first kappa shape index (κ1) is 12.3. The summed E-state index contributed by atoms with van der Waals surface area (Å²) in [5.74, 6) is -0.0488. The summed E-state index contributed by atoms with van der Waals surface area (Å²) in [6.45, 7) is 1.96. The van der Waals surface area contributed by atoms with Gasteiger partial charge in [-0.3, -0.25) is 0 Å². The standard InChI is InChI=1S/C11H11BrO2S/c1-2-3-6-15-8-4-5-10(12)9(7-8)11(13)14/h2-5,7H,6H2,1H3,(H,13,14)/b3-2+. The quantitative estimate of drug-likeness (QED) is 0.675. The van der Waals surface area contributed by atoms with Crippen LogP contribution in [0.5, 0.6) is 0 Å². The fraction of sp³-hybridized carbons (Fsp3) is 0.182. The number of hydrogen-bond acceptors (Lipinski definition) is 2. The molecular formula is C11H11BrO2S. The molecule has 0 saturated carbocycles. The first-order valence-electron chi connectivity index (χ1n) is 4.42. The maximum Gasteiger partial charge on any atom is 0.336 e. The number of carbonyl (C=O) groups is 1. The van der Waals surface area contributed by atoms with Crippen molar-refractivity contribution in [1.82, 2.24) is 0 Å². The lowest BCUT2D eigenvalue weighted by Crippen LogP contribution is -1.97. The molecule has 0 spiro atoms. The van der Waals surface area contributed by atoms with E-state index < -0.39 is 5.97 Å². The van der Waals surface area contributed by atoms with Crippen LogP contribution >= 0.6 is 27.7 Å². The molecule has 1 aromatic rings. The number of carboxylic acids is 1. The number of allylic oxidation sites excluding steroid dienone is 1. The molecule has 0 radical (unpaired) electrons. The molecule has 0 aliphatic carbocycles. The van der Waals surface area contributed by atoms with Gasteiger partial charge < -0.3 is 5.11 Å². The third kappa shape index (κ3) is 3.72. The van der Waals surface area contributed by atoms with E-state index in [2.05, 4.69) is 15.9 Å². The predicted octanol–water partition coefficient (Wildman–Crippen LogP) is 3.82. The fourth-order valence-electron chi connectivity index (χ4n) is 0.999. The Morgan fingerprint density at radius 3 is 2.93 bits per heavy atom. The molecule has 80 valence electrons. The Labute approximate surface area is 102 Å². The zero-order valence-corrected chi connectivity index (χ0v) is 10.6. The van der Waals surface area contributed by atoms with Crippen molar-refractivity contribution in [2.45, 2.75) is 11.8 Å². The smallest absolute Gasteiger partial charge is 0.336 e. The van der Waals surface area contributed by atoms with Gasteiger partial charge in [-0.05, 0) is 41.1 Å². The molecule has 1 N–H and O–H groups in total.